The Balaban J connectivity index is 2.72. The van der Waals surface area contributed by atoms with Crippen LogP contribution in [0.15, 0.2) is 22.7 Å². The van der Waals surface area contributed by atoms with E-state index in [1.807, 2.05) is 18.2 Å². The summed E-state index contributed by atoms with van der Waals surface area (Å²) >= 11 is 0. The van der Waals surface area contributed by atoms with Crippen molar-refractivity contribution in [2.75, 3.05) is 7.11 Å². The van der Waals surface area contributed by atoms with Crippen molar-refractivity contribution in [2.24, 2.45) is 5.73 Å². The molecule has 13 heavy (non-hydrogen) atoms. The Hall–Kier alpha value is -1.55. The lowest BCUT2D eigenvalue weighted by Crippen LogP contribution is -1.94. The van der Waals surface area contributed by atoms with Gasteiger partial charge in [-0.15, -0.1) is 0 Å². The van der Waals surface area contributed by atoms with Crippen LogP contribution in [0.25, 0.3) is 10.9 Å². The van der Waals surface area contributed by atoms with Crippen LogP contribution in [0.4, 0.5) is 0 Å². The van der Waals surface area contributed by atoms with Gasteiger partial charge in [-0.05, 0) is 12.1 Å². The summed E-state index contributed by atoms with van der Waals surface area (Å²) in [6.07, 6.45) is 0. The van der Waals surface area contributed by atoms with E-state index >= 15 is 0 Å². The standard InChI is InChI=1S/C9H10N2O2/c1-12-7-4-2-3-6-8(5-10)13-11-9(6)7/h2-4H,5,10H2,1H3. The molecule has 2 N–H and O–H groups in total. The molecule has 0 amide bonds. The molecule has 4 heteroatoms. The first-order valence-corrected chi connectivity index (χ1v) is 3.98. The number of methoxy groups -OCH3 is 1. The third kappa shape index (κ3) is 1.15. The first kappa shape index (κ1) is 8.07. The lowest BCUT2D eigenvalue weighted by Gasteiger charge is -1.97. The monoisotopic (exact) mass is 178 g/mol. The average molecular weight is 178 g/mol. The molecule has 0 aliphatic rings. The van der Waals surface area contributed by atoms with Crippen molar-refractivity contribution in [1.82, 2.24) is 5.16 Å². The Morgan fingerprint density at radius 1 is 1.54 bits per heavy atom. The second kappa shape index (κ2) is 3.06. The number of rotatable bonds is 2. The maximum atomic E-state index is 5.48. The highest BCUT2D eigenvalue weighted by atomic mass is 16.5. The number of benzene rings is 1. The zero-order valence-electron chi connectivity index (χ0n) is 7.28. The van der Waals surface area contributed by atoms with E-state index in [4.69, 9.17) is 15.0 Å². The second-order valence-electron chi connectivity index (χ2n) is 2.67. The molecule has 1 heterocycles. The van der Waals surface area contributed by atoms with Crippen LogP contribution >= 0.6 is 0 Å². The summed E-state index contributed by atoms with van der Waals surface area (Å²) < 4.78 is 10.2. The molecule has 2 aromatic rings. The smallest absolute Gasteiger partial charge is 0.158 e. The quantitative estimate of drug-likeness (QED) is 0.752. The predicted octanol–water partition coefficient (Wildman–Crippen LogP) is 1.30. The van der Waals surface area contributed by atoms with E-state index < -0.39 is 0 Å². The molecule has 0 saturated carbocycles. The zero-order chi connectivity index (χ0) is 9.26. The molecule has 0 fully saturated rings. The van der Waals surface area contributed by atoms with E-state index in [1.54, 1.807) is 7.11 Å². The number of nitrogens with two attached hydrogens (primary N) is 1. The number of fused-ring (bicyclic) bond motifs is 1. The minimum atomic E-state index is 0.351. The molecule has 1 aromatic carbocycles. The summed E-state index contributed by atoms with van der Waals surface area (Å²) in [6.45, 7) is 0.351. The fourth-order valence-corrected chi connectivity index (χ4v) is 1.30. The molecule has 0 spiro atoms. The number of aromatic nitrogens is 1. The Kier molecular flexibility index (Phi) is 1.90. The third-order valence-corrected chi connectivity index (χ3v) is 1.95. The van der Waals surface area contributed by atoms with E-state index in [9.17, 15) is 0 Å². The van der Waals surface area contributed by atoms with Gasteiger partial charge in [-0.1, -0.05) is 11.2 Å². The van der Waals surface area contributed by atoms with Crippen LogP contribution in [0.5, 0.6) is 5.75 Å². The molecule has 0 radical (unpaired) electrons. The Morgan fingerprint density at radius 3 is 3.08 bits per heavy atom. The molecular formula is C9H10N2O2. The van der Waals surface area contributed by atoms with Crippen LogP contribution in [-0.2, 0) is 6.54 Å². The Labute approximate surface area is 75.3 Å². The van der Waals surface area contributed by atoms with Crippen LogP contribution < -0.4 is 10.5 Å². The number of ether oxygens (including phenoxy) is 1. The lowest BCUT2D eigenvalue weighted by atomic mass is 10.2. The molecule has 68 valence electrons. The highest BCUT2D eigenvalue weighted by Crippen LogP contribution is 2.26. The number of hydrogen-bond acceptors (Lipinski definition) is 4. The molecule has 0 aliphatic heterocycles. The maximum Gasteiger partial charge on any atom is 0.158 e. The van der Waals surface area contributed by atoms with Gasteiger partial charge in [0, 0.05) is 5.39 Å². The van der Waals surface area contributed by atoms with Gasteiger partial charge in [0.15, 0.2) is 11.3 Å². The minimum Gasteiger partial charge on any atom is -0.494 e. The fourth-order valence-electron chi connectivity index (χ4n) is 1.30. The van der Waals surface area contributed by atoms with Crippen LogP contribution in [0.3, 0.4) is 0 Å². The molecule has 0 aliphatic carbocycles. The average Bonchev–Trinajstić information content (AvgIpc) is 2.60. The minimum absolute atomic E-state index is 0.351. The van der Waals surface area contributed by atoms with Gasteiger partial charge in [0.2, 0.25) is 0 Å². The summed E-state index contributed by atoms with van der Waals surface area (Å²) in [5, 5.41) is 4.80. The summed E-state index contributed by atoms with van der Waals surface area (Å²) in [5.74, 6) is 1.40. The van der Waals surface area contributed by atoms with Crippen molar-refractivity contribution in [3.05, 3.63) is 24.0 Å². The number of nitrogens with zero attached hydrogens (tertiary/aromatic N) is 1. The van der Waals surface area contributed by atoms with Gasteiger partial charge in [-0.25, -0.2) is 0 Å². The van der Waals surface area contributed by atoms with Gasteiger partial charge in [0.05, 0.1) is 13.7 Å². The molecule has 0 bridgehead atoms. The van der Waals surface area contributed by atoms with Gasteiger partial charge in [-0.3, -0.25) is 0 Å². The fraction of sp³-hybridized carbons (Fsp3) is 0.222. The van der Waals surface area contributed by atoms with Crippen molar-refractivity contribution in [3.63, 3.8) is 0 Å². The number of hydrogen-bond donors (Lipinski definition) is 1. The van der Waals surface area contributed by atoms with Gasteiger partial charge in [0.25, 0.3) is 0 Å². The van der Waals surface area contributed by atoms with Gasteiger partial charge >= 0.3 is 0 Å². The predicted molar refractivity (Wildman–Crippen MR) is 48.5 cm³/mol. The van der Waals surface area contributed by atoms with Crippen molar-refractivity contribution >= 4 is 10.9 Å². The van der Waals surface area contributed by atoms with E-state index in [-0.39, 0.29) is 0 Å². The maximum absolute atomic E-state index is 5.48. The molecule has 4 nitrogen and oxygen atoms in total. The third-order valence-electron chi connectivity index (χ3n) is 1.95. The van der Waals surface area contributed by atoms with E-state index in [1.165, 1.54) is 0 Å². The highest BCUT2D eigenvalue weighted by molar-refractivity contribution is 5.85. The van der Waals surface area contributed by atoms with Gasteiger partial charge in [-0.2, -0.15) is 0 Å². The van der Waals surface area contributed by atoms with E-state index in [0.717, 1.165) is 10.9 Å². The SMILES string of the molecule is COc1cccc2c(CN)onc12. The highest BCUT2D eigenvalue weighted by Gasteiger charge is 2.09. The Bertz CT molecular complexity index is 422. The summed E-state index contributed by atoms with van der Waals surface area (Å²) in [4.78, 5) is 0. The summed E-state index contributed by atoms with van der Waals surface area (Å²) in [7, 11) is 1.60. The molecular weight excluding hydrogens is 168 g/mol. The van der Waals surface area contributed by atoms with Crippen LogP contribution in [-0.4, -0.2) is 12.3 Å². The van der Waals surface area contributed by atoms with Gasteiger partial charge < -0.3 is 15.0 Å². The van der Waals surface area contributed by atoms with Crippen LogP contribution in [0.1, 0.15) is 5.76 Å². The Morgan fingerprint density at radius 2 is 2.38 bits per heavy atom. The van der Waals surface area contributed by atoms with Crippen molar-refractivity contribution < 1.29 is 9.26 Å². The normalized spacial score (nSPS) is 10.6. The molecule has 0 atom stereocenters. The topological polar surface area (TPSA) is 61.3 Å². The first-order chi connectivity index (χ1) is 6.36. The van der Waals surface area contributed by atoms with Crippen molar-refractivity contribution in [3.8, 4) is 5.75 Å². The molecule has 1 aromatic heterocycles. The second-order valence-corrected chi connectivity index (χ2v) is 2.67. The zero-order valence-corrected chi connectivity index (χ0v) is 7.28. The summed E-state index contributed by atoms with van der Waals surface area (Å²) in [5.41, 5.74) is 6.20. The van der Waals surface area contributed by atoms with Crippen molar-refractivity contribution in [1.29, 1.82) is 0 Å². The lowest BCUT2D eigenvalue weighted by molar-refractivity contribution is 0.384. The first-order valence-electron chi connectivity index (χ1n) is 3.98. The van der Waals surface area contributed by atoms with E-state index in [2.05, 4.69) is 5.16 Å². The van der Waals surface area contributed by atoms with Gasteiger partial charge in [0.1, 0.15) is 5.75 Å². The summed E-state index contributed by atoms with van der Waals surface area (Å²) in [6, 6.07) is 5.64. The largest absolute Gasteiger partial charge is 0.494 e. The van der Waals surface area contributed by atoms with Crippen molar-refractivity contribution in [2.45, 2.75) is 6.54 Å². The molecule has 0 saturated heterocycles. The van der Waals surface area contributed by atoms with Crippen LogP contribution in [0.2, 0.25) is 0 Å². The van der Waals surface area contributed by atoms with Crippen LogP contribution in [0, 0.1) is 0 Å². The molecule has 0 unspecified atom stereocenters. The molecule has 2 rings (SSSR count). The van der Waals surface area contributed by atoms with E-state index in [0.29, 0.717) is 18.1 Å².